The predicted molar refractivity (Wildman–Crippen MR) is 109 cm³/mol. The van der Waals surface area contributed by atoms with E-state index in [0.29, 0.717) is 42.7 Å². The fourth-order valence-electron chi connectivity index (χ4n) is 3.05. The van der Waals surface area contributed by atoms with Gasteiger partial charge in [-0.2, -0.15) is 0 Å². The summed E-state index contributed by atoms with van der Waals surface area (Å²) in [6.07, 6.45) is 1.02. The van der Waals surface area contributed by atoms with E-state index in [1.54, 1.807) is 23.1 Å². The van der Waals surface area contributed by atoms with Crippen LogP contribution in [0.2, 0.25) is 0 Å². The highest BCUT2D eigenvalue weighted by Crippen LogP contribution is 2.16. The summed E-state index contributed by atoms with van der Waals surface area (Å²) in [6, 6.07) is 15.0. The van der Waals surface area contributed by atoms with Crippen LogP contribution in [0.3, 0.4) is 0 Å². The van der Waals surface area contributed by atoms with Gasteiger partial charge in [-0.25, -0.2) is 4.98 Å². The van der Waals surface area contributed by atoms with Crippen LogP contribution in [0.1, 0.15) is 31.2 Å². The molecule has 1 N–H and O–H groups in total. The molecule has 1 heterocycles. The Labute approximate surface area is 164 Å². The molecule has 0 atom stereocenters. The van der Waals surface area contributed by atoms with Gasteiger partial charge in [0.05, 0.1) is 24.1 Å². The number of hydrogen-bond acceptors (Lipinski definition) is 4. The second-order valence-corrected chi connectivity index (χ2v) is 6.66. The first-order valence-electron chi connectivity index (χ1n) is 9.52. The Kier molecular flexibility index (Phi) is 6.42. The van der Waals surface area contributed by atoms with Gasteiger partial charge in [-0.15, -0.1) is 0 Å². The molecule has 3 rings (SSSR count). The van der Waals surface area contributed by atoms with Crippen LogP contribution in [0.5, 0.6) is 5.75 Å². The number of carbonyl (C=O) groups excluding carboxylic acids is 1. The van der Waals surface area contributed by atoms with Crippen LogP contribution in [-0.2, 0) is 11.3 Å². The molecule has 0 aliphatic rings. The summed E-state index contributed by atoms with van der Waals surface area (Å²) in [4.78, 5) is 33.7. The monoisotopic (exact) mass is 379 g/mol. The number of nitrogens with one attached hydrogen (secondary N) is 1. The Morgan fingerprint density at radius 2 is 1.89 bits per heavy atom. The van der Waals surface area contributed by atoms with Crippen molar-refractivity contribution in [1.82, 2.24) is 14.9 Å². The molecule has 1 amide bonds. The second-order valence-electron chi connectivity index (χ2n) is 6.66. The summed E-state index contributed by atoms with van der Waals surface area (Å²) in [5, 5.41) is 0.550. The lowest BCUT2D eigenvalue weighted by molar-refractivity contribution is -0.131. The molecule has 0 saturated heterocycles. The number of hydrogen-bond donors (Lipinski definition) is 1. The summed E-state index contributed by atoms with van der Waals surface area (Å²) >= 11 is 0. The SMILES string of the molecule is CCN(Cc1nc2ccccc2c(=O)[nH]1)C(=O)CCCOc1ccccc1C. The van der Waals surface area contributed by atoms with Gasteiger partial charge in [-0.05, 0) is 44.0 Å². The first-order chi connectivity index (χ1) is 13.6. The van der Waals surface area contributed by atoms with Gasteiger partial charge in [-0.1, -0.05) is 30.3 Å². The minimum Gasteiger partial charge on any atom is -0.493 e. The Bertz CT molecular complexity index is 1010. The summed E-state index contributed by atoms with van der Waals surface area (Å²) in [7, 11) is 0. The average molecular weight is 379 g/mol. The largest absolute Gasteiger partial charge is 0.493 e. The minimum absolute atomic E-state index is 0.0201. The standard InChI is InChI=1S/C22H25N3O3/c1-3-25(15-20-23-18-11-6-5-10-17(18)22(27)24-20)21(26)13-8-14-28-19-12-7-4-9-16(19)2/h4-7,9-12H,3,8,13-15H2,1-2H3,(H,23,24,27). The van der Waals surface area contributed by atoms with Crippen LogP contribution in [0.25, 0.3) is 10.9 Å². The molecule has 6 nitrogen and oxygen atoms in total. The van der Waals surface area contributed by atoms with Crippen LogP contribution >= 0.6 is 0 Å². The van der Waals surface area contributed by atoms with Crippen molar-refractivity contribution < 1.29 is 9.53 Å². The first kappa shape index (κ1) is 19.6. The number of rotatable bonds is 8. The third kappa shape index (κ3) is 4.76. The van der Waals surface area contributed by atoms with Crippen molar-refractivity contribution in [2.24, 2.45) is 0 Å². The van der Waals surface area contributed by atoms with Gasteiger partial charge in [0.2, 0.25) is 5.91 Å². The van der Waals surface area contributed by atoms with Gasteiger partial charge in [0.15, 0.2) is 0 Å². The van der Waals surface area contributed by atoms with E-state index in [1.165, 1.54) is 0 Å². The summed E-state index contributed by atoms with van der Waals surface area (Å²) < 4.78 is 5.75. The molecule has 0 spiro atoms. The van der Waals surface area contributed by atoms with E-state index in [0.717, 1.165) is 11.3 Å². The number of benzene rings is 2. The van der Waals surface area contributed by atoms with E-state index >= 15 is 0 Å². The lowest BCUT2D eigenvalue weighted by atomic mass is 10.2. The zero-order valence-corrected chi connectivity index (χ0v) is 16.3. The molecule has 2 aromatic carbocycles. The number of H-pyrrole nitrogens is 1. The molecule has 146 valence electrons. The molecule has 3 aromatic rings. The molecular weight excluding hydrogens is 354 g/mol. The van der Waals surface area contributed by atoms with Crippen LogP contribution < -0.4 is 10.3 Å². The Balaban J connectivity index is 1.56. The van der Waals surface area contributed by atoms with E-state index < -0.39 is 0 Å². The van der Waals surface area contributed by atoms with Gasteiger partial charge in [-0.3, -0.25) is 9.59 Å². The van der Waals surface area contributed by atoms with Gasteiger partial charge >= 0.3 is 0 Å². The van der Waals surface area contributed by atoms with Crippen molar-refractivity contribution >= 4 is 16.8 Å². The van der Waals surface area contributed by atoms with Crippen LogP contribution in [0.15, 0.2) is 53.3 Å². The summed E-state index contributed by atoms with van der Waals surface area (Å²) in [5.41, 5.74) is 1.53. The van der Waals surface area contributed by atoms with Gasteiger partial charge in [0.25, 0.3) is 5.56 Å². The fraction of sp³-hybridized carbons (Fsp3) is 0.318. The smallest absolute Gasteiger partial charge is 0.258 e. The van der Waals surface area contributed by atoms with Crippen molar-refractivity contribution in [1.29, 1.82) is 0 Å². The summed E-state index contributed by atoms with van der Waals surface area (Å²) in [6.45, 7) is 5.23. The van der Waals surface area contributed by atoms with Crippen molar-refractivity contribution in [3.63, 3.8) is 0 Å². The molecule has 0 radical (unpaired) electrons. The molecule has 1 aromatic heterocycles. The van der Waals surface area contributed by atoms with Crippen LogP contribution in [-0.4, -0.2) is 33.9 Å². The highest BCUT2D eigenvalue weighted by atomic mass is 16.5. The molecule has 0 aliphatic heterocycles. The maximum atomic E-state index is 12.6. The molecule has 0 unspecified atom stereocenters. The zero-order chi connectivity index (χ0) is 19.9. The Hall–Kier alpha value is -3.15. The maximum Gasteiger partial charge on any atom is 0.258 e. The molecule has 0 fully saturated rings. The number of aromatic nitrogens is 2. The van der Waals surface area contributed by atoms with Crippen molar-refractivity contribution in [2.75, 3.05) is 13.2 Å². The van der Waals surface area contributed by atoms with Crippen molar-refractivity contribution in [3.8, 4) is 5.75 Å². The van der Waals surface area contributed by atoms with E-state index in [9.17, 15) is 9.59 Å². The predicted octanol–water partition coefficient (Wildman–Crippen LogP) is 3.44. The molecular formula is C22H25N3O3. The number of aromatic amines is 1. The van der Waals surface area contributed by atoms with Crippen molar-refractivity contribution in [3.05, 3.63) is 70.3 Å². The lowest BCUT2D eigenvalue weighted by Crippen LogP contribution is -2.32. The molecule has 0 bridgehead atoms. The highest BCUT2D eigenvalue weighted by molar-refractivity contribution is 5.77. The summed E-state index contributed by atoms with van der Waals surface area (Å²) in [5.74, 6) is 1.36. The normalized spacial score (nSPS) is 10.8. The van der Waals surface area contributed by atoms with Gasteiger partial charge in [0, 0.05) is 13.0 Å². The molecule has 28 heavy (non-hydrogen) atoms. The second kappa shape index (κ2) is 9.17. The minimum atomic E-state index is -0.185. The quantitative estimate of drug-likeness (QED) is 0.609. The maximum absolute atomic E-state index is 12.6. The third-order valence-electron chi connectivity index (χ3n) is 4.62. The third-order valence-corrected chi connectivity index (χ3v) is 4.62. The van der Waals surface area contributed by atoms with Crippen LogP contribution in [0, 0.1) is 6.92 Å². The van der Waals surface area contributed by atoms with Crippen molar-refractivity contribution in [2.45, 2.75) is 33.2 Å². The zero-order valence-electron chi connectivity index (χ0n) is 16.3. The van der Waals surface area contributed by atoms with E-state index in [-0.39, 0.29) is 18.0 Å². The number of para-hydroxylation sites is 2. The van der Waals surface area contributed by atoms with E-state index in [1.807, 2.05) is 44.2 Å². The van der Waals surface area contributed by atoms with Gasteiger partial charge in [0.1, 0.15) is 11.6 Å². The number of aryl methyl sites for hydroxylation is 1. The molecule has 6 heteroatoms. The topological polar surface area (TPSA) is 75.3 Å². The molecule has 0 aliphatic carbocycles. The number of ether oxygens (including phenoxy) is 1. The number of nitrogens with zero attached hydrogens (tertiary/aromatic N) is 2. The van der Waals surface area contributed by atoms with Gasteiger partial charge < -0.3 is 14.6 Å². The number of fused-ring (bicyclic) bond motifs is 1. The van der Waals surface area contributed by atoms with Crippen LogP contribution in [0.4, 0.5) is 0 Å². The first-order valence-corrected chi connectivity index (χ1v) is 9.52. The lowest BCUT2D eigenvalue weighted by Gasteiger charge is -2.20. The molecule has 0 saturated carbocycles. The van der Waals surface area contributed by atoms with E-state index in [2.05, 4.69) is 9.97 Å². The Morgan fingerprint density at radius 1 is 1.14 bits per heavy atom. The highest BCUT2D eigenvalue weighted by Gasteiger charge is 2.14. The van der Waals surface area contributed by atoms with E-state index in [4.69, 9.17) is 4.74 Å². The average Bonchev–Trinajstić information content (AvgIpc) is 2.70. The number of amides is 1. The fourth-order valence-corrected chi connectivity index (χ4v) is 3.05. The number of carbonyl (C=O) groups is 1. The Morgan fingerprint density at radius 3 is 2.68 bits per heavy atom.